The van der Waals surface area contributed by atoms with Gasteiger partial charge in [0, 0.05) is 31.3 Å². The lowest BCUT2D eigenvalue weighted by atomic mass is 9.98. The first-order valence-corrected chi connectivity index (χ1v) is 11.1. The highest BCUT2D eigenvalue weighted by atomic mass is 16.5. The maximum absolute atomic E-state index is 12.3. The molecule has 2 amide bonds. The molecule has 7 heteroatoms. The number of unbranched alkanes of at least 4 members (excludes halogenated alkanes) is 1. The molecule has 0 saturated carbocycles. The summed E-state index contributed by atoms with van der Waals surface area (Å²) in [5, 5.41) is 14.2. The van der Waals surface area contributed by atoms with Gasteiger partial charge < -0.3 is 20.5 Å². The minimum Gasteiger partial charge on any atom is -0.481 e. The van der Waals surface area contributed by atoms with E-state index in [1.165, 1.54) is 11.1 Å². The monoisotopic (exact) mass is 438 g/mol. The van der Waals surface area contributed by atoms with Gasteiger partial charge in [0.1, 0.15) is 6.61 Å². The Hall–Kier alpha value is -3.35. The van der Waals surface area contributed by atoms with E-state index in [1.807, 2.05) is 31.2 Å². The first-order chi connectivity index (χ1) is 15.5. The molecule has 1 atom stereocenters. The van der Waals surface area contributed by atoms with Crippen LogP contribution in [0.25, 0.3) is 11.1 Å². The smallest absolute Gasteiger partial charge is 0.407 e. The molecule has 0 fully saturated rings. The van der Waals surface area contributed by atoms with E-state index in [4.69, 9.17) is 9.84 Å². The van der Waals surface area contributed by atoms with Gasteiger partial charge in [-0.3, -0.25) is 9.59 Å². The molecule has 1 unspecified atom stereocenters. The van der Waals surface area contributed by atoms with Crippen molar-refractivity contribution in [3.05, 3.63) is 59.7 Å². The molecule has 1 aliphatic carbocycles. The number of aliphatic carboxylic acids is 1. The molecular weight excluding hydrogens is 408 g/mol. The fraction of sp³-hybridized carbons (Fsp3) is 0.400. The van der Waals surface area contributed by atoms with E-state index in [-0.39, 0.29) is 37.3 Å². The highest BCUT2D eigenvalue weighted by molar-refractivity contribution is 5.79. The van der Waals surface area contributed by atoms with Crippen molar-refractivity contribution >= 4 is 18.0 Å². The van der Waals surface area contributed by atoms with Gasteiger partial charge >= 0.3 is 12.1 Å². The van der Waals surface area contributed by atoms with Crippen LogP contribution in [0, 0.1) is 0 Å². The van der Waals surface area contributed by atoms with Crippen LogP contribution in [0.4, 0.5) is 4.79 Å². The van der Waals surface area contributed by atoms with E-state index in [1.54, 1.807) is 0 Å². The normalized spacial score (nSPS) is 13.0. The topological polar surface area (TPSA) is 105 Å². The van der Waals surface area contributed by atoms with Gasteiger partial charge in [0.2, 0.25) is 5.91 Å². The third-order valence-electron chi connectivity index (χ3n) is 5.65. The summed E-state index contributed by atoms with van der Waals surface area (Å²) >= 11 is 0. The molecule has 0 aromatic heterocycles. The van der Waals surface area contributed by atoms with E-state index in [9.17, 15) is 14.4 Å². The number of carboxylic acids is 1. The minimum absolute atomic E-state index is 0.00959. The van der Waals surface area contributed by atoms with Crippen LogP contribution in [-0.2, 0) is 14.3 Å². The summed E-state index contributed by atoms with van der Waals surface area (Å²) in [6.45, 7) is 2.55. The van der Waals surface area contributed by atoms with Crippen LogP contribution >= 0.6 is 0 Å². The van der Waals surface area contributed by atoms with Gasteiger partial charge in [0.15, 0.2) is 0 Å². The molecule has 0 bridgehead atoms. The molecule has 2 aromatic carbocycles. The number of hydrogen-bond acceptors (Lipinski definition) is 4. The summed E-state index contributed by atoms with van der Waals surface area (Å²) in [7, 11) is 0. The number of carboxylic acid groups (broad SMARTS) is 1. The van der Waals surface area contributed by atoms with E-state index < -0.39 is 12.1 Å². The van der Waals surface area contributed by atoms with Crippen LogP contribution in [-0.4, -0.2) is 42.3 Å². The Morgan fingerprint density at radius 2 is 1.59 bits per heavy atom. The first-order valence-electron chi connectivity index (χ1n) is 11.1. The summed E-state index contributed by atoms with van der Waals surface area (Å²) in [5.41, 5.74) is 4.68. The Balaban J connectivity index is 1.39. The molecular formula is C25H30N2O5. The van der Waals surface area contributed by atoms with Gasteiger partial charge in [-0.25, -0.2) is 4.79 Å². The zero-order valence-electron chi connectivity index (χ0n) is 18.3. The number of benzene rings is 2. The predicted octanol–water partition coefficient (Wildman–Crippen LogP) is 4.06. The van der Waals surface area contributed by atoms with Gasteiger partial charge in [0.05, 0.1) is 0 Å². The summed E-state index contributed by atoms with van der Waals surface area (Å²) in [5.74, 6) is -0.929. The maximum Gasteiger partial charge on any atom is 0.407 e. The number of amides is 2. The number of rotatable bonds is 11. The number of ether oxygens (including phenoxy) is 1. The van der Waals surface area contributed by atoms with Gasteiger partial charge in [-0.2, -0.15) is 0 Å². The average molecular weight is 439 g/mol. The second kappa shape index (κ2) is 11.3. The van der Waals surface area contributed by atoms with Gasteiger partial charge in [0.25, 0.3) is 0 Å². The third kappa shape index (κ3) is 6.33. The Labute approximate surface area is 188 Å². The Bertz CT molecular complexity index is 913. The van der Waals surface area contributed by atoms with E-state index in [0.717, 1.165) is 11.1 Å². The van der Waals surface area contributed by atoms with E-state index >= 15 is 0 Å². The summed E-state index contributed by atoms with van der Waals surface area (Å²) in [6, 6.07) is 16.1. The molecule has 3 rings (SSSR count). The van der Waals surface area contributed by atoms with Crippen LogP contribution in [0.15, 0.2) is 48.5 Å². The van der Waals surface area contributed by atoms with Crippen molar-refractivity contribution in [3.8, 4) is 11.1 Å². The van der Waals surface area contributed by atoms with Crippen LogP contribution < -0.4 is 10.6 Å². The van der Waals surface area contributed by atoms with E-state index in [0.29, 0.717) is 25.8 Å². The molecule has 0 radical (unpaired) electrons. The predicted molar refractivity (Wildman–Crippen MR) is 121 cm³/mol. The molecule has 0 saturated heterocycles. The second-order valence-electron chi connectivity index (χ2n) is 8.11. The number of carbonyl (C=O) groups is 3. The van der Waals surface area contributed by atoms with Crippen molar-refractivity contribution < 1.29 is 24.2 Å². The van der Waals surface area contributed by atoms with Crippen molar-refractivity contribution in [1.82, 2.24) is 10.6 Å². The lowest BCUT2D eigenvalue weighted by Gasteiger charge is -2.17. The molecule has 0 aliphatic heterocycles. The zero-order chi connectivity index (χ0) is 22.9. The third-order valence-corrected chi connectivity index (χ3v) is 5.65. The molecule has 7 nitrogen and oxygen atoms in total. The van der Waals surface area contributed by atoms with Crippen LogP contribution in [0.5, 0.6) is 0 Å². The Kier molecular flexibility index (Phi) is 8.25. The number of nitrogens with one attached hydrogen (secondary N) is 2. The molecule has 0 heterocycles. The maximum atomic E-state index is 12.3. The summed E-state index contributed by atoms with van der Waals surface area (Å²) in [4.78, 5) is 34.6. The van der Waals surface area contributed by atoms with Gasteiger partial charge in [-0.15, -0.1) is 0 Å². The molecule has 3 N–H and O–H groups in total. The minimum atomic E-state index is -0.829. The SMILES string of the molecule is CC(CCC(=O)NCCCCC(=O)O)NC(=O)OCC1c2ccccc2-c2ccccc21. The van der Waals surface area contributed by atoms with Crippen LogP contribution in [0.1, 0.15) is 56.1 Å². The summed E-state index contributed by atoms with van der Waals surface area (Å²) < 4.78 is 5.53. The molecule has 1 aliphatic rings. The standard InChI is InChI=1S/C25H30N2O5/c1-17(13-14-23(28)26-15-7-6-12-24(29)30)27-25(31)32-16-22-20-10-4-2-8-18(20)19-9-3-5-11-21(19)22/h2-5,8-11,17,22H,6-7,12-16H2,1H3,(H,26,28)(H,27,31)(H,29,30). The van der Waals surface area contributed by atoms with Crippen molar-refractivity contribution in [2.45, 2.75) is 51.0 Å². The number of alkyl carbamates (subject to hydrolysis) is 1. The average Bonchev–Trinajstić information content (AvgIpc) is 3.09. The highest BCUT2D eigenvalue weighted by Gasteiger charge is 2.29. The summed E-state index contributed by atoms with van der Waals surface area (Å²) in [6.07, 6.45) is 1.56. The molecule has 32 heavy (non-hydrogen) atoms. The second-order valence-corrected chi connectivity index (χ2v) is 8.11. The zero-order valence-corrected chi connectivity index (χ0v) is 18.3. The fourth-order valence-electron chi connectivity index (χ4n) is 3.98. The fourth-order valence-corrected chi connectivity index (χ4v) is 3.98. The van der Waals surface area contributed by atoms with Crippen LogP contribution in [0.2, 0.25) is 0 Å². The Morgan fingerprint density at radius 3 is 2.22 bits per heavy atom. The highest BCUT2D eigenvalue weighted by Crippen LogP contribution is 2.44. The largest absolute Gasteiger partial charge is 0.481 e. The lowest BCUT2D eigenvalue weighted by Crippen LogP contribution is -2.35. The molecule has 0 spiro atoms. The number of hydrogen-bond donors (Lipinski definition) is 3. The van der Waals surface area contributed by atoms with Gasteiger partial charge in [-0.05, 0) is 48.4 Å². The molecule has 170 valence electrons. The van der Waals surface area contributed by atoms with Crippen molar-refractivity contribution in [2.24, 2.45) is 0 Å². The lowest BCUT2D eigenvalue weighted by molar-refractivity contribution is -0.137. The van der Waals surface area contributed by atoms with Crippen molar-refractivity contribution in [2.75, 3.05) is 13.2 Å². The van der Waals surface area contributed by atoms with Crippen LogP contribution in [0.3, 0.4) is 0 Å². The quantitative estimate of drug-likeness (QED) is 0.459. The number of carbonyl (C=O) groups excluding carboxylic acids is 2. The van der Waals surface area contributed by atoms with Gasteiger partial charge in [-0.1, -0.05) is 48.5 Å². The first kappa shape index (κ1) is 23.3. The number of fused-ring (bicyclic) bond motifs is 3. The van der Waals surface area contributed by atoms with Crippen molar-refractivity contribution in [3.63, 3.8) is 0 Å². The van der Waals surface area contributed by atoms with Crippen molar-refractivity contribution in [1.29, 1.82) is 0 Å². The molecule has 2 aromatic rings. The van der Waals surface area contributed by atoms with E-state index in [2.05, 4.69) is 34.9 Å². The Morgan fingerprint density at radius 1 is 0.969 bits per heavy atom.